The summed E-state index contributed by atoms with van der Waals surface area (Å²) in [6.45, 7) is 4.23. The van der Waals surface area contributed by atoms with Crippen molar-refractivity contribution in [3.05, 3.63) is 131 Å². The number of pyridine rings is 1. The Kier molecular flexibility index (Phi) is 7.39. The zero-order valence-corrected chi connectivity index (χ0v) is 24.5. The summed E-state index contributed by atoms with van der Waals surface area (Å²) in [7, 11) is 1.65. The highest BCUT2D eigenvalue weighted by atomic mass is 35.5. The summed E-state index contributed by atoms with van der Waals surface area (Å²) in [5.41, 5.74) is 6.15. The molecule has 3 aromatic carbocycles. The number of nitrogens with zero attached hydrogens (tertiary/aromatic N) is 3. The normalized spacial score (nSPS) is 16.5. The third kappa shape index (κ3) is 5.14. The van der Waals surface area contributed by atoms with Gasteiger partial charge in [0.15, 0.2) is 5.11 Å². The molecule has 0 spiro atoms. The summed E-state index contributed by atoms with van der Waals surface area (Å²) in [6, 6.07) is 31.3. The number of thiocarbonyl (C=S) groups is 1. The molecule has 6 rings (SSSR count). The number of aryl methyl sites for hydroxylation is 1. The number of rotatable bonds is 7. The van der Waals surface area contributed by atoms with Gasteiger partial charge >= 0.3 is 0 Å². The zero-order valence-electron chi connectivity index (χ0n) is 22.9. The molecule has 0 bridgehead atoms. The predicted molar refractivity (Wildman–Crippen MR) is 168 cm³/mol. The Morgan fingerprint density at radius 2 is 1.51 bits per heavy atom. The first-order chi connectivity index (χ1) is 19.9. The van der Waals surface area contributed by atoms with Gasteiger partial charge in [0.1, 0.15) is 17.2 Å². The summed E-state index contributed by atoms with van der Waals surface area (Å²) in [4.78, 5) is 6.87. The van der Waals surface area contributed by atoms with E-state index >= 15 is 0 Å². The lowest BCUT2D eigenvalue weighted by molar-refractivity contribution is 0.413. The molecule has 1 aliphatic rings. The topological polar surface area (TPSA) is 51.6 Å². The Bertz CT molecular complexity index is 1690. The second kappa shape index (κ2) is 11.3. The Balaban J connectivity index is 1.39. The van der Waals surface area contributed by atoms with E-state index in [1.807, 2.05) is 97.2 Å². The third-order valence-corrected chi connectivity index (χ3v) is 8.02. The van der Waals surface area contributed by atoms with Gasteiger partial charge in [-0.05, 0) is 110 Å². The van der Waals surface area contributed by atoms with Gasteiger partial charge in [-0.1, -0.05) is 29.8 Å². The van der Waals surface area contributed by atoms with Gasteiger partial charge in [0, 0.05) is 23.3 Å². The van der Waals surface area contributed by atoms with Crippen molar-refractivity contribution in [3.63, 3.8) is 0 Å². The summed E-state index contributed by atoms with van der Waals surface area (Å²) < 4.78 is 13.5. The highest BCUT2D eigenvalue weighted by molar-refractivity contribution is 7.80. The Hall–Kier alpha value is -4.33. The number of benzene rings is 3. The Morgan fingerprint density at radius 3 is 2.17 bits per heavy atom. The molecule has 1 fully saturated rings. The molecule has 3 heterocycles. The van der Waals surface area contributed by atoms with E-state index in [0.29, 0.717) is 10.1 Å². The molecule has 0 radical (unpaired) electrons. The number of nitrogens with one attached hydrogen (secondary N) is 1. The van der Waals surface area contributed by atoms with Crippen LogP contribution >= 0.6 is 23.8 Å². The molecule has 1 saturated heterocycles. The summed E-state index contributed by atoms with van der Waals surface area (Å²) >= 11 is 12.6. The third-order valence-electron chi connectivity index (χ3n) is 7.39. The van der Waals surface area contributed by atoms with E-state index in [1.165, 1.54) is 0 Å². The van der Waals surface area contributed by atoms with Crippen molar-refractivity contribution in [2.24, 2.45) is 0 Å². The number of anilines is 1. The smallest absolute Gasteiger partial charge is 0.174 e. The largest absolute Gasteiger partial charge is 0.497 e. The van der Waals surface area contributed by atoms with Crippen molar-refractivity contribution in [2.75, 3.05) is 12.0 Å². The summed E-state index contributed by atoms with van der Waals surface area (Å²) in [5, 5.41) is 4.89. The molecule has 1 aliphatic heterocycles. The highest BCUT2D eigenvalue weighted by Gasteiger charge is 2.42. The maximum absolute atomic E-state index is 6.64. The van der Waals surface area contributed by atoms with Crippen LogP contribution in [0.15, 0.2) is 103 Å². The van der Waals surface area contributed by atoms with Crippen molar-refractivity contribution < 1.29 is 9.47 Å². The van der Waals surface area contributed by atoms with E-state index in [4.69, 9.17) is 38.3 Å². The van der Waals surface area contributed by atoms with Crippen LogP contribution in [0.1, 0.15) is 34.7 Å². The Morgan fingerprint density at radius 1 is 0.854 bits per heavy atom. The number of hydrogen-bond acceptors (Lipinski definition) is 4. The first-order valence-corrected chi connectivity index (χ1v) is 14.1. The molecular weight excluding hydrogens is 552 g/mol. The van der Waals surface area contributed by atoms with Crippen molar-refractivity contribution in [2.45, 2.75) is 25.9 Å². The second-order valence-corrected chi connectivity index (χ2v) is 10.7. The van der Waals surface area contributed by atoms with Gasteiger partial charge < -0.3 is 24.3 Å². The van der Waals surface area contributed by atoms with Crippen LogP contribution in [-0.2, 0) is 0 Å². The fourth-order valence-corrected chi connectivity index (χ4v) is 6.06. The summed E-state index contributed by atoms with van der Waals surface area (Å²) in [5.74, 6) is 2.24. The molecule has 206 valence electrons. The van der Waals surface area contributed by atoms with Gasteiger partial charge in [-0.25, -0.2) is 0 Å². The predicted octanol–water partition coefficient (Wildman–Crippen LogP) is 8.12. The lowest BCUT2D eigenvalue weighted by Crippen LogP contribution is -2.29. The van der Waals surface area contributed by atoms with Crippen LogP contribution in [-0.4, -0.2) is 21.8 Å². The number of hydrogen-bond donors (Lipinski definition) is 1. The molecule has 6 nitrogen and oxygen atoms in total. The first kappa shape index (κ1) is 26.9. The molecule has 5 aromatic rings. The number of aromatic nitrogens is 2. The van der Waals surface area contributed by atoms with Crippen LogP contribution in [0, 0.1) is 13.8 Å². The molecule has 1 N–H and O–H groups in total. The lowest BCUT2D eigenvalue weighted by Gasteiger charge is -2.28. The van der Waals surface area contributed by atoms with Gasteiger partial charge in [0.25, 0.3) is 0 Å². The standard InChI is InChI=1S/C33H29ClN4O2S/c1-21-20-27(22(2)37(21)30-10-5-4-8-28(30)34)32-31(29-9-6-7-19-35-29)36-33(41)38(32)23-11-13-25(14-12-23)40-26-17-15-24(39-3)16-18-26/h4-20,31-32H,1-3H3,(H,36,41)/t31-,32-/m1/s1. The maximum atomic E-state index is 6.64. The van der Waals surface area contributed by atoms with E-state index in [1.54, 1.807) is 7.11 Å². The quantitative estimate of drug-likeness (QED) is 0.196. The van der Waals surface area contributed by atoms with Crippen molar-refractivity contribution in [1.82, 2.24) is 14.9 Å². The first-order valence-electron chi connectivity index (χ1n) is 13.3. The zero-order chi connectivity index (χ0) is 28.5. The van der Waals surface area contributed by atoms with E-state index in [0.717, 1.165) is 51.3 Å². The maximum Gasteiger partial charge on any atom is 0.174 e. The van der Waals surface area contributed by atoms with Gasteiger partial charge in [0.05, 0.1) is 35.6 Å². The van der Waals surface area contributed by atoms with Crippen LogP contribution in [0.25, 0.3) is 5.69 Å². The van der Waals surface area contributed by atoms with Gasteiger partial charge in [-0.2, -0.15) is 0 Å². The van der Waals surface area contributed by atoms with E-state index in [-0.39, 0.29) is 12.1 Å². The molecular formula is C33H29ClN4O2S. The molecule has 0 saturated carbocycles. The fourth-order valence-electron chi connectivity index (χ4n) is 5.49. The van der Waals surface area contributed by atoms with E-state index in [9.17, 15) is 0 Å². The molecule has 8 heteroatoms. The lowest BCUT2D eigenvalue weighted by atomic mass is 9.96. The van der Waals surface area contributed by atoms with E-state index in [2.05, 4.69) is 34.7 Å². The second-order valence-electron chi connectivity index (χ2n) is 9.88. The van der Waals surface area contributed by atoms with Gasteiger partial charge in [-0.3, -0.25) is 4.98 Å². The van der Waals surface area contributed by atoms with Gasteiger partial charge in [0.2, 0.25) is 0 Å². The minimum atomic E-state index is -0.154. The molecule has 2 aromatic heterocycles. The number of methoxy groups -OCH3 is 1. The number of ether oxygens (including phenoxy) is 2. The number of para-hydroxylation sites is 1. The van der Waals surface area contributed by atoms with Crippen molar-refractivity contribution in [1.29, 1.82) is 0 Å². The van der Waals surface area contributed by atoms with Crippen LogP contribution in [0.2, 0.25) is 5.02 Å². The SMILES string of the molecule is COc1ccc(Oc2ccc(N3C(=S)N[C@H](c4ccccn4)[C@H]3c3cc(C)n(-c4ccccc4Cl)c3C)cc2)cc1. The average Bonchev–Trinajstić information content (AvgIpc) is 3.49. The monoisotopic (exact) mass is 580 g/mol. The van der Waals surface area contributed by atoms with Crippen LogP contribution < -0.4 is 19.7 Å². The molecule has 0 aliphatic carbocycles. The van der Waals surface area contributed by atoms with Crippen LogP contribution in [0.5, 0.6) is 17.2 Å². The molecule has 2 atom stereocenters. The minimum absolute atomic E-state index is 0.145. The van der Waals surface area contributed by atoms with Crippen molar-refractivity contribution in [3.8, 4) is 22.9 Å². The molecule has 0 amide bonds. The molecule has 0 unspecified atom stereocenters. The Labute approximate surface area is 250 Å². The highest BCUT2D eigenvalue weighted by Crippen LogP contribution is 2.44. The number of halogens is 1. The minimum Gasteiger partial charge on any atom is -0.497 e. The van der Waals surface area contributed by atoms with E-state index < -0.39 is 0 Å². The van der Waals surface area contributed by atoms with Crippen LogP contribution in [0.4, 0.5) is 5.69 Å². The summed E-state index contributed by atoms with van der Waals surface area (Å²) in [6.07, 6.45) is 1.82. The average molecular weight is 581 g/mol. The van der Waals surface area contributed by atoms with Gasteiger partial charge in [-0.15, -0.1) is 0 Å². The fraction of sp³-hybridized carbons (Fsp3) is 0.152. The van der Waals surface area contributed by atoms with Crippen LogP contribution in [0.3, 0.4) is 0 Å². The molecule has 41 heavy (non-hydrogen) atoms. The van der Waals surface area contributed by atoms with Crippen molar-refractivity contribution >= 4 is 34.6 Å².